The Morgan fingerprint density at radius 1 is 1.17 bits per heavy atom. The summed E-state index contributed by atoms with van der Waals surface area (Å²) in [6.45, 7) is 1.27. The van der Waals surface area contributed by atoms with Gasteiger partial charge in [0.2, 0.25) is 0 Å². The molecule has 3 aromatic rings. The Kier molecular flexibility index (Phi) is 4.09. The Morgan fingerprint density at radius 2 is 1.96 bits per heavy atom. The highest BCUT2D eigenvalue weighted by atomic mass is 32.2. The second-order valence-electron chi connectivity index (χ2n) is 4.96. The Bertz CT molecular complexity index is 905. The first-order chi connectivity index (χ1) is 11.0. The molecule has 0 atom stereocenters. The summed E-state index contributed by atoms with van der Waals surface area (Å²) >= 11 is 1.35. The van der Waals surface area contributed by atoms with Gasteiger partial charge in [-0.2, -0.15) is 0 Å². The molecule has 0 aliphatic rings. The number of rotatable bonds is 4. The van der Waals surface area contributed by atoms with Crippen LogP contribution >= 0.6 is 11.8 Å². The van der Waals surface area contributed by atoms with E-state index in [1.54, 1.807) is 6.20 Å². The molecule has 0 saturated heterocycles. The molecule has 118 valence electrons. The molecule has 6 heteroatoms. The fourth-order valence-electron chi connectivity index (χ4n) is 2.38. The predicted octanol–water partition coefficient (Wildman–Crippen LogP) is 5.16. The topological polar surface area (TPSA) is 42.1 Å². The van der Waals surface area contributed by atoms with Crippen molar-refractivity contribution in [1.82, 2.24) is 4.98 Å². The van der Waals surface area contributed by atoms with E-state index in [1.807, 2.05) is 12.3 Å². The Morgan fingerprint density at radius 3 is 2.65 bits per heavy atom. The molecule has 1 N–H and O–H groups in total. The van der Waals surface area contributed by atoms with Gasteiger partial charge in [-0.25, -0.2) is 8.78 Å². The number of ketones is 1. The number of ether oxygens (including phenoxy) is 1. The van der Waals surface area contributed by atoms with Gasteiger partial charge in [-0.3, -0.25) is 4.79 Å². The van der Waals surface area contributed by atoms with Crippen LogP contribution in [0.15, 0.2) is 41.4 Å². The van der Waals surface area contributed by atoms with Crippen molar-refractivity contribution in [2.45, 2.75) is 11.8 Å². The van der Waals surface area contributed by atoms with Crippen LogP contribution in [0.5, 0.6) is 11.5 Å². The first kappa shape index (κ1) is 15.6. The zero-order valence-corrected chi connectivity index (χ0v) is 13.3. The fourth-order valence-corrected chi connectivity index (χ4v) is 3.10. The van der Waals surface area contributed by atoms with Gasteiger partial charge >= 0.3 is 0 Å². The molecule has 0 aliphatic heterocycles. The lowest BCUT2D eigenvalue weighted by Gasteiger charge is -2.13. The van der Waals surface area contributed by atoms with Crippen molar-refractivity contribution in [1.29, 1.82) is 0 Å². The number of hydrogen-bond acceptors (Lipinski definition) is 3. The summed E-state index contributed by atoms with van der Waals surface area (Å²) in [4.78, 5) is 15.0. The van der Waals surface area contributed by atoms with Crippen molar-refractivity contribution in [2.24, 2.45) is 0 Å². The van der Waals surface area contributed by atoms with E-state index in [2.05, 4.69) is 4.98 Å². The number of benzene rings is 2. The van der Waals surface area contributed by atoms with Gasteiger partial charge < -0.3 is 9.72 Å². The van der Waals surface area contributed by atoms with Crippen LogP contribution in [-0.2, 0) is 0 Å². The van der Waals surface area contributed by atoms with Gasteiger partial charge in [0, 0.05) is 23.2 Å². The molecule has 0 amide bonds. The second kappa shape index (κ2) is 6.04. The summed E-state index contributed by atoms with van der Waals surface area (Å²) in [5.41, 5.74) is 0.582. The molecule has 0 unspecified atom stereocenters. The molecule has 3 nitrogen and oxygen atoms in total. The lowest BCUT2D eigenvalue weighted by atomic mass is 10.1. The molecule has 1 heterocycles. The van der Waals surface area contributed by atoms with Gasteiger partial charge in [-0.1, -0.05) is 0 Å². The highest BCUT2D eigenvalue weighted by Crippen LogP contribution is 2.39. The number of aromatic nitrogens is 1. The molecule has 2 aromatic carbocycles. The van der Waals surface area contributed by atoms with Crippen LogP contribution in [0.1, 0.15) is 17.3 Å². The third kappa shape index (κ3) is 2.82. The summed E-state index contributed by atoms with van der Waals surface area (Å²) in [5, 5.41) is 0.836. The van der Waals surface area contributed by atoms with Gasteiger partial charge in [0.1, 0.15) is 11.6 Å². The van der Waals surface area contributed by atoms with Crippen LogP contribution in [-0.4, -0.2) is 17.0 Å². The van der Waals surface area contributed by atoms with Gasteiger partial charge in [0.05, 0.1) is 10.5 Å². The van der Waals surface area contributed by atoms with Crippen LogP contribution in [0.3, 0.4) is 0 Å². The smallest absolute Gasteiger partial charge is 0.177 e. The van der Waals surface area contributed by atoms with Gasteiger partial charge in [-0.15, -0.1) is 11.8 Å². The lowest BCUT2D eigenvalue weighted by molar-refractivity contribution is 0.101. The molecule has 1 aromatic heterocycles. The van der Waals surface area contributed by atoms with E-state index in [4.69, 9.17) is 4.74 Å². The molecular formula is C17H13F2NO2S. The molecule has 0 fully saturated rings. The normalized spacial score (nSPS) is 11.0. The fraction of sp³-hybridized carbons (Fsp3) is 0.118. The maximum Gasteiger partial charge on any atom is 0.177 e. The maximum absolute atomic E-state index is 14.4. The number of nitrogens with one attached hydrogen (secondary N) is 1. The Hall–Kier alpha value is -2.34. The van der Waals surface area contributed by atoms with Crippen LogP contribution in [0.25, 0.3) is 10.9 Å². The highest BCUT2D eigenvalue weighted by molar-refractivity contribution is 7.99. The first-order valence-corrected chi connectivity index (χ1v) is 8.05. The first-order valence-electron chi connectivity index (χ1n) is 6.83. The van der Waals surface area contributed by atoms with Crippen LogP contribution < -0.4 is 4.74 Å². The molecule has 0 saturated carbocycles. The largest absolute Gasteiger partial charge is 0.453 e. The zero-order valence-electron chi connectivity index (χ0n) is 12.4. The van der Waals surface area contributed by atoms with E-state index >= 15 is 0 Å². The van der Waals surface area contributed by atoms with E-state index in [9.17, 15) is 13.6 Å². The summed E-state index contributed by atoms with van der Waals surface area (Å²) < 4.78 is 33.6. The maximum atomic E-state index is 14.4. The number of carbonyl (C=O) groups is 1. The third-order valence-electron chi connectivity index (χ3n) is 3.46. The monoisotopic (exact) mass is 333 g/mol. The van der Waals surface area contributed by atoms with Crippen molar-refractivity contribution in [2.75, 3.05) is 6.26 Å². The number of carbonyl (C=O) groups excluding carboxylic acids is 1. The van der Waals surface area contributed by atoms with E-state index < -0.39 is 17.4 Å². The van der Waals surface area contributed by atoms with Crippen molar-refractivity contribution in [3.8, 4) is 11.5 Å². The minimum absolute atomic E-state index is 0.0608. The Balaban J connectivity index is 2.09. The van der Waals surface area contributed by atoms with Crippen molar-refractivity contribution in [3.05, 3.63) is 53.7 Å². The minimum Gasteiger partial charge on any atom is -0.453 e. The number of thioether (sulfide) groups is 1. The molecule has 0 spiro atoms. The standard InChI is InChI=1S/C17H13F2NO2S/c1-9(21)12-7-10(3-4-13(12)18)22-16-14(19)8-15-11(5-6-20-15)17(16)23-2/h3-8,20H,1-2H3. The van der Waals surface area contributed by atoms with Crippen LogP contribution in [0, 0.1) is 11.6 Å². The molecular weight excluding hydrogens is 320 g/mol. The SMILES string of the molecule is CSc1c(Oc2ccc(F)c(C(C)=O)c2)c(F)cc2[nH]ccc12. The van der Waals surface area contributed by atoms with E-state index in [1.165, 1.54) is 36.9 Å². The number of Topliss-reactive ketones (excluding diaryl/α,β-unsaturated/α-hetero) is 1. The van der Waals surface area contributed by atoms with Crippen LogP contribution in [0.4, 0.5) is 8.78 Å². The van der Waals surface area contributed by atoms with Gasteiger partial charge in [0.25, 0.3) is 0 Å². The third-order valence-corrected chi connectivity index (χ3v) is 4.27. The summed E-state index contributed by atoms with van der Waals surface area (Å²) in [6.07, 6.45) is 3.54. The van der Waals surface area contributed by atoms with Crippen LogP contribution in [0.2, 0.25) is 0 Å². The molecule has 23 heavy (non-hydrogen) atoms. The number of hydrogen-bond donors (Lipinski definition) is 1. The number of halogens is 2. The van der Waals surface area contributed by atoms with E-state index in [-0.39, 0.29) is 17.1 Å². The average molecular weight is 333 g/mol. The molecule has 0 bridgehead atoms. The van der Waals surface area contributed by atoms with Gasteiger partial charge in [-0.05, 0) is 37.4 Å². The summed E-state index contributed by atoms with van der Waals surface area (Å²) in [6, 6.07) is 6.96. The average Bonchev–Trinajstić information content (AvgIpc) is 2.97. The minimum atomic E-state index is -0.628. The molecule has 0 aliphatic carbocycles. The zero-order chi connectivity index (χ0) is 16.6. The predicted molar refractivity (Wildman–Crippen MR) is 86.5 cm³/mol. The lowest BCUT2D eigenvalue weighted by Crippen LogP contribution is -1.98. The number of H-pyrrole nitrogens is 1. The molecule has 3 rings (SSSR count). The Labute approximate surface area is 135 Å². The number of fused-ring (bicyclic) bond motifs is 1. The summed E-state index contributed by atoms with van der Waals surface area (Å²) in [5.74, 6) is -1.31. The van der Waals surface area contributed by atoms with Gasteiger partial charge in [0.15, 0.2) is 17.3 Å². The van der Waals surface area contributed by atoms with Crippen molar-refractivity contribution in [3.63, 3.8) is 0 Å². The molecule has 0 radical (unpaired) electrons. The summed E-state index contributed by atoms with van der Waals surface area (Å²) in [7, 11) is 0. The number of aromatic amines is 1. The van der Waals surface area contributed by atoms with Crippen molar-refractivity contribution >= 4 is 28.4 Å². The van der Waals surface area contributed by atoms with Crippen molar-refractivity contribution < 1.29 is 18.3 Å². The second-order valence-corrected chi connectivity index (χ2v) is 5.78. The van der Waals surface area contributed by atoms with E-state index in [0.717, 1.165) is 11.5 Å². The van der Waals surface area contributed by atoms with E-state index in [0.29, 0.717) is 10.4 Å². The highest BCUT2D eigenvalue weighted by Gasteiger charge is 2.17. The quantitative estimate of drug-likeness (QED) is 0.529.